The summed E-state index contributed by atoms with van der Waals surface area (Å²) >= 11 is 0. The van der Waals surface area contributed by atoms with E-state index < -0.39 is 22.0 Å². The van der Waals surface area contributed by atoms with Crippen molar-refractivity contribution >= 4 is 15.9 Å². The summed E-state index contributed by atoms with van der Waals surface area (Å²) in [6, 6.07) is 7.15. The molecular weight excluding hydrogens is 280 g/mol. The van der Waals surface area contributed by atoms with E-state index in [1.165, 1.54) is 16.4 Å². The van der Waals surface area contributed by atoms with E-state index in [1.807, 2.05) is 0 Å². The Labute approximate surface area is 117 Å². The quantitative estimate of drug-likeness (QED) is 0.636. The van der Waals surface area contributed by atoms with Gasteiger partial charge in [-0.1, -0.05) is 18.2 Å². The lowest BCUT2D eigenvalue weighted by Gasteiger charge is -2.32. The Balaban J connectivity index is 2.01. The predicted octanol–water partition coefficient (Wildman–Crippen LogP) is 0.734. The van der Waals surface area contributed by atoms with E-state index in [4.69, 9.17) is 5.21 Å². The largest absolute Gasteiger partial charge is 0.289 e. The molecule has 1 aromatic carbocycles. The smallest absolute Gasteiger partial charge is 0.262 e. The highest BCUT2D eigenvalue weighted by atomic mass is 32.2. The highest BCUT2D eigenvalue weighted by Gasteiger charge is 2.54. The number of amides is 1. The topological polar surface area (TPSA) is 86.7 Å². The highest BCUT2D eigenvalue weighted by Crippen LogP contribution is 2.45. The third kappa shape index (κ3) is 1.93. The Bertz CT molecular complexity index is 617. The number of hydrogen-bond acceptors (Lipinski definition) is 4. The lowest BCUT2D eigenvalue weighted by Crippen LogP contribution is -2.52. The van der Waals surface area contributed by atoms with Crippen molar-refractivity contribution in [2.24, 2.45) is 5.92 Å². The van der Waals surface area contributed by atoms with Gasteiger partial charge in [0.25, 0.3) is 5.91 Å². The number of hydrogen-bond donors (Lipinski definition) is 2. The van der Waals surface area contributed by atoms with Crippen LogP contribution in [0.15, 0.2) is 35.2 Å². The van der Waals surface area contributed by atoms with Gasteiger partial charge in [0, 0.05) is 6.04 Å². The molecule has 1 aromatic rings. The van der Waals surface area contributed by atoms with E-state index >= 15 is 0 Å². The summed E-state index contributed by atoms with van der Waals surface area (Å²) < 4.78 is 26.7. The molecule has 7 heteroatoms. The molecule has 2 aliphatic rings. The fraction of sp³-hybridized carbons (Fsp3) is 0.462. The van der Waals surface area contributed by atoms with Crippen LogP contribution in [0.25, 0.3) is 0 Å². The highest BCUT2D eigenvalue weighted by molar-refractivity contribution is 7.89. The van der Waals surface area contributed by atoms with Gasteiger partial charge in [0.1, 0.15) is 6.04 Å². The molecule has 108 valence electrons. The fourth-order valence-corrected chi connectivity index (χ4v) is 5.30. The van der Waals surface area contributed by atoms with Gasteiger partial charge in [0.2, 0.25) is 10.0 Å². The molecular formula is C13H16N2O4S. The molecule has 0 aromatic heterocycles. The second-order valence-electron chi connectivity index (χ2n) is 5.30. The fourth-order valence-electron chi connectivity index (χ4n) is 3.40. The molecule has 1 saturated heterocycles. The molecule has 3 atom stereocenters. The first kappa shape index (κ1) is 13.5. The number of carbonyl (C=O) groups is 1. The van der Waals surface area contributed by atoms with Crippen LogP contribution in [-0.2, 0) is 14.8 Å². The molecule has 1 heterocycles. The number of nitrogens with one attached hydrogen (secondary N) is 1. The molecule has 2 bridgehead atoms. The summed E-state index contributed by atoms with van der Waals surface area (Å²) in [4.78, 5) is 12.0. The number of sulfonamides is 1. The van der Waals surface area contributed by atoms with Crippen LogP contribution in [0, 0.1) is 5.92 Å². The average molecular weight is 296 g/mol. The molecule has 0 radical (unpaired) electrons. The third-order valence-corrected chi connectivity index (χ3v) is 6.17. The number of carbonyl (C=O) groups excluding carboxylic acids is 1. The summed E-state index contributed by atoms with van der Waals surface area (Å²) in [5, 5.41) is 8.86. The summed E-state index contributed by atoms with van der Waals surface area (Å²) in [6.07, 6.45) is 2.28. The third-order valence-electron chi connectivity index (χ3n) is 4.22. The lowest BCUT2D eigenvalue weighted by atomic mass is 10.00. The molecule has 1 saturated carbocycles. The summed E-state index contributed by atoms with van der Waals surface area (Å²) in [6.45, 7) is 0. The van der Waals surface area contributed by atoms with Crippen molar-refractivity contribution in [2.45, 2.75) is 36.2 Å². The normalized spacial score (nSPS) is 29.6. The number of rotatable bonds is 3. The van der Waals surface area contributed by atoms with Crippen LogP contribution in [0.1, 0.15) is 19.3 Å². The van der Waals surface area contributed by atoms with E-state index in [0.717, 1.165) is 12.8 Å². The van der Waals surface area contributed by atoms with Crippen LogP contribution in [-0.4, -0.2) is 35.9 Å². The van der Waals surface area contributed by atoms with E-state index in [1.54, 1.807) is 23.7 Å². The zero-order chi connectivity index (χ0) is 14.3. The van der Waals surface area contributed by atoms with Crippen molar-refractivity contribution in [3.63, 3.8) is 0 Å². The number of fused-ring (bicyclic) bond motifs is 2. The van der Waals surface area contributed by atoms with Crippen LogP contribution >= 0.6 is 0 Å². The maximum Gasteiger partial charge on any atom is 0.262 e. The van der Waals surface area contributed by atoms with Crippen molar-refractivity contribution in [2.75, 3.05) is 0 Å². The maximum atomic E-state index is 12.7. The molecule has 6 nitrogen and oxygen atoms in total. The van der Waals surface area contributed by atoms with Crippen molar-refractivity contribution in [1.29, 1.82) is 0 Å². The van der Waals surface area contributed by atoms with E-state index in [2.05, 4.69) is 0 Å². The molecule has 1 amide bonds. The Morgan fingerprint density at radius 3 is 2.60 bits per heavy atom. The van der Waals surface area contributed by atoms with Gasteiger partial charge < -0.3 is 0 Å². The molecule has 3 rings (SSSR count). The van der Waals surface area contributed by atoms with Gasteiger partial charge in [0.05, 0.1) is 4.90 Å². The summed E-state index contributed by atoms with van der Waals surface area (Å²) in [5.41, 5.74) is 1.60. The molecule has 20 heavy (non-hydrogen) atoms. The first-order chi connectivity index (χ1) is 9.55. The predicted molar refractivity (Wildman–Crippen MR) is 70.3 cm³/mol. The minimum atomic E-state index is -3.71. The van der Waals surface area contributed by atoms with Gasteiger partial charge >= 0.3 is 0 Å². The van der Waals surface area contributed by atoms with Gasteiger partial charge in [-0.05, 0) is 37.3 Å². The molecule has 1 unspecified atom stereocenters. The van der Waals surface area contributed by atoms with E-state index in [0.29, 0.717) is 6.42 Å². The number of piperidine rings is 1. The SMILES string of the molecule is O=C(NO)[C@H]1C2CC[C@H](C2)N1S(=O)(=O)c1ccccc1. The molecule has 1 aliphatic heterocycles. The van der Waals surface area contributed by atoms with Crippen molar-refractivity contribution in [3.05, 3.63) is 30.3 Å². The Hall–Kier alpha value is -1.44. The second-order valence-corrected chi connectivity index (χ2v) is 7.14. The minimum Gasteiger partial charge on any atom is -0.289 e. The van der Waals surface area contributed by atoms with Crippen molar-refractivity contribution < 1.29 is 18.4 Å². The van der Waals surface area contributed by atoms with E-state index in [-0.39, 0.29) is 16.9 Å². The Kier molecular flexibility index (Phi) is 3.27. The standard InChI is InChI=1S/C13H16N2O4S/c16-13(14-17)12-9-6-7-10(8-9)15(12)20(18,19)11-4-2-1-3-5-11/h1-5,9-10,12,17H,6-8H2,(H,14,16)/t9?,10-,12-/m1/s1. The summed E-state index contributed by atoms with van der Waals surface area (Å²) in [5.74, 6) is -0.651. The Morgan fingerprint density at radius 1 is 1.25 bits per heavy atom. The molecule has 1 aliphatic carbocycles. The van der Waals surface area contributed by atoms with Gasteiger partial charge in [-0.25, -0.2) is 13.9 Å². The Morgan fingerprint density at radius 2 is 1.95 bits per heavy atom. The first-order valence-corrected chi connectivity index (χ1v) is 8.02. The molecule has 2 N–H and O–H groups in total. The maximum absolute atomic E-state index is 12.7. The lowest BCUT2D eigenvalue weighted by molar-refractivity contribution is -0.134. The number of hydroxylamine groups is 1. The van der Waals surface area contributed by atoms with Crippen LogP contribution < -0.4 is 5.48 Å². The van der Waals surface area contributed by atoms with Crippen LogP contribution in [0.4, 0.5) is 0 Å². The minimum absolute atomic E-state index is 0.00867. The van der Waals surface area contributed by atoms with Crippen LogP contribution in [0.5, 0.6) is 0 Å². The average Bonchev–Trinajstić information content (AvgIpc) is 3.08. The number of benzene rings is 1. The van der Waals surface area contributed by atoms with Crippen LogP contribution in [0.3, 0.4) is 0 Å². The zero-order valence-electron chi connectivity index (χ0n) is 10.8. The van der Waals surface area contributed by atoms with Crippen LogP contribution in [0.2, 0.25) is 0 Å². The van der Waals surface area contributed by atoms with Gasteiger partial charge in [-0.3, -0.25) is 10.0 Å². The van der Waals surface area contributed by atoms with Crippen molar-refractivity contribution in [3.8, 4) is 0 Å². The van der Waals surface area contributed by atoms with Crippen molar-refractivity contribution in [1.82, 2.24) is 9.79 Å². The molecule has 0 spiro atoms. The van der Waals surface area contributed by atoms with E-state index in [9.17, 15) is 13.2 Å². The monoisotopic (exact) mass is 296 g/mol. The summed E-state index contributed by atoms with van der Waals surface area (Å²) in [7, 11) is -3.71. The first-order valence-electron chi connectivity index (χ1n) is 6.58. The van der Waals surface area contributed by atoms with Gasteiger partial charge in [0.15, 0.2) is 0 Å². The van der Waals surface area contributed by atoms with Gasteiger partial charge in [-0.15, -0.1) is 0 Å². The molecule has 2 fully saturated rings. The van der Waals surface area contributed by atoms with Gasteiger partial charge in [-0.2, -0.15) is 4.31 Å². The zero-order valence-corrected chi connectivity index (χ0v) is 11.6. The second kappa shape index (κ2) is 4.83. The number of nitrogens with zero attached hydrogens (tertiary/aromatic N) is 1.